The third-order valence-electron chi connectivity index (χ3n) is 2.01. The molecule has 1 aromatic carbocycles. The zero-order valence-corrected chi connectivity index (χ0v) is 10.2. The molecule has 17 heavy (non-hydrogen) atoms. The molecule has 0 fully saturated rings. The molecule has 1 nitrogen and oxygen atoms in total. The van der Waals surface area contributed by atoms with Crippen molar-refractivity contribution in [3.8, 4) is 0 Å². The monoisotopic (exact) mass is 262 g/mol. The first-order valence-corrected chi connectivity index (χ1v) is 5.23. The molecule has 0 aromatic heterocycles. The van der Waals surface area contributed by atoms with Crippen molar-refractivity contribution in [2.24, 2.45) is 0 Å². The lowest BCUT2D eigenvalue weighted by Crippen LogP contribution is -2.04. The van der Waals surface area contributed by atoms with Gasteiger partial charge in [-0.15, -0.1) is 0 Å². The summed E-state index contributed by atoms with van der Waals surface area (Å²) < 4.78 is 38.7. The van der Waals surface area contributed by atoms with Gasteiger partial charge in [-0.05, 0) is 17.7 Å². The van der Waals surface area contributed by atoms with E-state index in [0.29, 0.717) is 10.6 Å². The molecular formula is C12H12ClF3N+. The molecule has 0 amide bonds. The fourth-order valence-corrected chi connectivity index (χ4v) is 1.31. The quantitative estimate of drug-likeness (QED) is 0.566. The van der Waals surface area contributed by atoms with Crippen LogP contribution in [0.1, 0.15) is 11.1 Å². The lowest BCUT2D eigenvalue weighted by molar-refractivity contribution is -0.458. The Morgan fingerprint density at radius 2 is 1.71 bits per heavy atom. The van der Waals surface area contributed by atoms with E-state index < -0.39 is 11.7 Å². The predicted octanol–water partition coefficient (Wildman–Crippen LogP) is 3.63. The normalized spacial score (nSPS) is 12.5. The molecule has 0 aliphatic rings. The Bertz CT molecular complexity index is 440. The van der Waals surface area contributed by atoms with Gasteiger partial charge in [-0.2, -0.15) is 13.2 Å². The minimum Gasteiger partial charge on any atom is -0.241 e. The molecule has 0 saturated heterocycles. The van der Waals surface area contributed by atoms with E-state index >= 15 is 0 Å². The van der Waals surface area contributed by atoms with Gasteiger partial charge in [0, 0.05) is 6.08 Å². The smallest absolute Gasteiger partial charge is 0.241 e. The van der Waals surface area contributed by atoms with Crippen LogP contribution in [0.3, 0.4) is 0 Å². The third-order valence-corrected chi connectivity index (χ3v) is 2.35. The summed E-state index contributed by atoms with van der Waals surface area (Å²) >= 11 is 5.94. The topological polar surface area (TPSA) is 3.01 Å². The molecule has 0 aliphatic heterocycles. The maximum absolute atomic E-state index is 12.3. The molecule has 0 atom stereocenters. The van der Waals surface area contributed by atoms with Crippen LogP contribution in [0.5, 0.6) is 0 Å². The molecule has 0 radical (unpaired) electrons. The maximum atomic E-state index is 12.3. The molecular weight excluding hydrogens is 251 g/mol. The van der Waals surface area contributed by atoms with Crippen LogP contribution < -0.4 is 0 Å². The Labute approximate surface area is 103 Å². The van der Waals surface area contributed by atoms with E-state index in [2.05, 4.69) is 0 Å². The van der Waals surface area contributed by atoms with Crippen molar-refractivity contribution in [1.29, 1.82) is 0 Å². The Kier molecular flexibility index (Phi) is 4.34. The van der Waals surface area contributed by atoms with Gasteiger partial charge >= 0.3 is 6.18 Å². The Balaban J connectivity index is 2.96. The molecule has 0 heterocycles. The summed E-state index contributed by atoms with van der Waals surface area (Å²) in [6.45, 7) is 0. The highest BCUT2D eigenvalue weighted by Crippen LogP contribution is 2.30. The van der Waals surface area contributed by atoms with E-state index in [-0.39, 0.29) is 0 Å². The van der Waals surface area contributed by atoms with Crippen LogP contribution in [0, 0.1) is 0 Å². The van der Waals surface area contributed by atoms with Crippen molar-refractivity contribution in [3.05, 3.63) is 41.5 Å². The van der Waals surface area contributed by atoms with Crippen LogP contribution >= 0.6 is 11.6 Å². The second-order valence-corrected chi connectivity index (χ2v) is 4.11. The minimum atomic E-state index is -4.31. The van der Waals surface area contributed by atoms with Crippen molar-refractivity contribution >= 4 is 22.8 Å². The lowest BCUT2D eigenvalue weighted by Gasteiger charge is -2.06. The average molecular weight is 263 g/mol. The zero-order valence-electron chi connectivity index (χ0n) is 9.42. The zero-order chi connectivity index (χ0) is 13.1. The number of alkyl halides is 3. The van der Waals surface area contributed by atoms with Crippen LogP contribution in [0.15, 0.2) is 30.3 Å². The van der Waals surface area contributed by atoms with Crippen LogP contribution in [-0.4, -0.2) is 24.9 Å². The molecule has 0 N–H and O–H groups in total. The van der Waals surface area contributed by atoms with Crippen molar-refractivity contribution in [2.75, 3.05) is 14.1 Å². The fraction of sp³-hybridized carbons (Fsp3) is 0.250. The molecule has 1 rings (SSSR count). The minimum absolute atomic E-state index is 0.396. The fourth-order valence-electron chi connectivity index (χ4n) is 1.13. The van der Waals surface area contributed by atoms with Crippen LogP contribution in [-0.2, 0) is 6.18 Å². The summed E-state index contributed by atoms with van der Waals surface area (Å²) in [5.74, 6) is 0. The van der Waals surface area contributed by atoms with E-state index in [9.17, 15) is 13.2 Å². The van der Waals surface area contributed by atoms with E-state index in [1.807, 2.05) is 14.1 Å². The summed E-state index contributed by atoms with van der Waals surface area (Å²) in [5.41, 5.74) is -0.125. The number of hydrogen-bond donors (Lipinski definition) is 0. The largest absolute Gasteiger partial charge is 0.416 e. The van der Waals surface area contributed by atoms with Gasteiger partial charge in [0.25, 0.3) is 0 Å². The average Bonchev–Trinajstić information content (AvgIpc) is 2.25. The Hall–Kier alpha value is -1.29. The molecule has 5 heteroatoms. The lowest BCUT2D eigenvalue weighted by atomic mass is 10.1. The SMILES string of the molecule is C[N+](C)=C/C=C(/Cl)c1ccc(C(F)(F)F)cc1. The van der Waals surface area contributed by atoms with Gasteiger partial charge in [0.1, 0.15) is 14.1 Å². The number of halogens is 4. The van der Waals surface area contributed by atoms with Gasteiger partial charge in [-0.3, -0.25) is 0 Å². The number of nitrogens with zero attached hydrogens (tertiary/aromatic N) is 1. The highest BCUT2D eigenvalue weighted by molar-refractivity contribution is 6.49. The van der Waals surface area contributed by atoms with Gasteiger partial charge < -0.3 is 0 Å². The number of rotatable bonds is 2. The van der Waals surface area contributed by atoms with Crippen molar-refractivity contribution in [3.63, 3.8) is 0 Å². The Morgan fingerprint density at radius 3 is 2.12 bits per heavy atom. The van der Waals surface area contributed by atoms with E-state index in [4.69, 9.17) is 11.6 Å². The second-order valence-electron chi connectivity index (χ2n) is 3.70. The third kappa shape index (κ3) is 4.23. The Morgan fingerprint density at radius 1 is 1.18 bits per heavy atom. The number of hydrogen-bond acceptors (Lipinski definition) is 0. The summed E-state index contributed by atoms with van der Waals surface area (Å²) in [4.78, 5) is 0. The maximum Gasteiger partial charge on any atom is 0.416 e. The van der Waals surface area contributed by atoms with E-state index in [0.717, 1.165) is 12.1 Å². The van der Waals surface area contributed by atoms with Crippen molar-refractivity contribution in [1.82, 2.24) is 0 Å². The summed E-state index contributed by atoms with van der Waals surface area (Å²) in [5, 5.41) is 0.396. The summed E-state index contributed by atoms with van der Waals surface area (Å²) in [7, 11) is 3.65. The molecule has 1 aromatic rings. The highest BCUT2D eigenvalue weighted by atomic mass is 35.5. The van der Waals surface area contributed by atoms with Gasteiger partial charge in [0.15, 0.2) is 6.21 Å². The molecule has 0 aliphatic carbocycles. The predicted molar refractivity (Wildman–Crippen MR) is 63.4 cm³/mol. The van der Waals surface area contributed by atoms with Crippen molar-refractivity contribution in [2.45, 2.75) is 6.18 Å². The van der Waals surface area contributed by atoms with Crippen LogP contribution in [0.25, 0.3) is 5.03 Å². The standard InChI is InChI=1S/C12H12ClF3N/c1-17(2)8-7-11(13)9-3-5-10(6-4-9)12(14,15)16/h3-8H,1-2H3/q+1/b11-7+. The molecule has 92 valence electrons. The van der Waals surface area contributed by atoms with Crippen molar-refractivity contribution < 1.29 is 17.7 Å². The molecule has 0 saturated carbocycles. The first kappa shape index (κ1) is 13.8. The van der Waals surface area contributed by atoms with Crippen LogP contribution in [0.4, 0.5) is 13.2 Å². The van der Waals surface area contributed by atoms with Gasteiger partial charge in [-0.1, -0.05) is 23.7 Å². The highest BCUT2D eigenvalue weighted by Gasteiger charge is 2.29. The summed E-state index contributed by atoms with van der Waals surface area (Å²) in [6.07, 6.45) is -0.964. The van der Waals surface area contributed by atoms with Crippen LogP contribution in [0.2, 0.25) is 0 Å². The summed E-state index contributed by atoms with van der Waals surface area (Å²) in [6, 6.07) is 4.73. The second kappa shape index (κ2) is 5.36. The number of allylic oxidation sites excluding steroid dienone is 1. The number of benzene rings is 1. The van der Waals surface area contributed by atoms with Gasteiger partial charge in [0.2, 0.25) is 0 Å². The van der Waals surface area contributed by atoms with E-state index in [1.165, 1.54) is 12.1 Å². The van der Waals surface area contributed by atoms with E-state index in [1.54, 1.807) is 16.9 Å². The molecule has 0 unspecified atom stereocenters. The molecule has 0 spiro atoms. The van der Waals surface area contributed by atoms with Gasteiger partial charge in [0.05, 0.1) is 10.6 Å². The van der Waals surface area contributed by atoms with Gasteiger partial charge in [-0.25, -0.2) is 4.58 Å². The first-order valence-electron chi connectivity index (χ1n) is 4.85. The molecule has 0 bridgehead atoms. The first-order chi connectivity index (χ1) is 7.80.